The van der Waals surface area contributed by atoms with Crippen molar-refractivity contribution in [3.05, 3.63) is 53.1 Å². The molecule has 2 aromatic rings. The van der Waals surface area contributed by atoms with Crippen molar-refractivity contribution in [1.82, 2.24) is 9.78 Å². The van der Waals surface area contributed by atoms with E-state index in [4.69, 9.17) is 10.4 Å². The van der Waals surface area contributed by atoms with Gasteiger partial charge >= 0.3 is 5.97 Å². The van der Waals surface area contributed by atoms with Gasteiger partial charge in [0.2, 0.25) is 0 Å². The molecule has 1 aromatic carbocycles. The van der Waals surface area contributed by atoms with Crippen LogP contribution in [-0.4, -0.2) is 20.9 Å². The molecule has 0 spiro atoms. The summed E-state index contributed by atoms with van der Waals surface area (Å²) in [4.78, 5) is 10.6. The molecule has 18 heavy (non-hydrogen) atoms. The Morgan fingerprint density at radius 3 is 2.89 bits per heavy atom. The predicted octanol–water partition coefficient (Wildman–Crippen LogP) is 1.64. The lowest BCUT2D eigenvalue weighted by Gasteiger charge is -2.02. The number of benzene rings is 1. The van der Waals surface area contributed by atoms with Crippen molar-refractivity contribution >= 4 is 5.97 Å². The summed E-state index contributed by atoms with van der Waals surface area (Å²) in [5.74, 6) is -1.62. The van der Waals surface area contributed by atoms with Crippen molar-refractivity contribution in [1.29, 1.82) is 5.26 Å². The molecule has 1 N–H and O–H groups in total. The van der Waals surface area contributed by atoms with Gasteiger partial charge in [0.25, 0.3) is 0 Å². The molecule has 1 aromatic heterocycles. The molecule has 90 valence electrons. The van der Waals surface area contributed by atoms with Crippen LogP contribution in [0.3, 0.4) is 0 Å². The minimum Gasteiger partial charge on any atom is -0.476 e. The maximum atomic E-state index is 13.2. The molecular weight excluding hydrogens is 237 g/mol. The Balaban J connectivity index is 2.25. The molecule has 1 heterocycles. The molecule has 0 saturated carbocycles. The average Bonchev–Trinajstić information content (AvgIpc) is 2.76. The number of hydrogen-bond acceptors (Lipinski definition) is 3. The Bertz CT molecular complexity index is 643. The van der Waals surface area contributed by atoms with Gasteiger partial charge in [-0.15, -0.1) is 0 Å². The van der Waals surface area contributed by atoms with E-state index >= 15 is 0 Å². The highest BCUT2D eigenvalue weighted by Crippen LogP contribution is 2.10. The molecule has 5 nitrogen and oxygen atoms in total. The summed E-state index contributed by atoms with van der Waals surface area (Å²) in [6.45, 7) is 0.208. The van der Waals surface area contributed by atoms with Crippen LogP contribution in [0.15, 0.2) is 30.5 Å². The monoisotopic (exact) mass is 245 g/mol. The summed E-state index contributed by atoms with van der Waals surface area (Å²) < 4.78 is 14.6. The van der Waals surface area contributed by atoms with Gasteiger partial charge in [-0.2, -0.15) is 10.4 Å². The fourth-order valence-electron chi connectivity index (χ4n) is 1.56. The van der Waals surface area contributed by atoms with E-state index in [1.807, 2.05) is 6.07 Å². The van der Waals surface area contributed by atoms with Gasteiger partial charge in [0.15, 0.2) is 5.69 Å². The van der Waals surface area contributed by atoms with Crippen LogP contribution in [0.5, 0.6) is 0 Å². The maximum absolute atomic E-state index is 13.2. The zero-order valence-electron chi connectivity index (χ0n) is 9.17. The molecule has 0 fully saturated rings. The topological polar surface area (TPSA) is 78.9 Å². The van der Waals surface area contributed by atoms with Gasteiger partial charge in [-0.3, -0.25) is 4.68 Å². The number of aromatic carboxylic acids is 1. The van der Waals surface area contributed by atoms with Gasteiger partial charge in [-0.1, -0.05) is 0 Å². The minimum atomic E-state index is -1.12. The van der Waals surface area contributed by atoms with Crippen LogP contribution in [0, 0.1) is 17.1 Å². The van der Waals surface area contributed by atoms with Crippen molar-refractivity contribution in [2.45, 2.75) is 6.54 Å². The quantitative estimate of drug-likeness (QED) is 0.891. The van der Waals surface area contributed by atoms with E-state index in [2.05, 4.69) is 5.10 Å². The normalized spacial score (nSPS) is 10.0. The Kier molecular flexibility index (Phi) is 3.06. The molecule has 2 rings (SSSR count). The first-order chi connectivity index (χ1) is 8.58. The third kappa shape index (κ3) is 2.52. The van der Waals surface area contributed by atoms with E-state index < -0.39 is 11.8 Å². The second kappa shape index (κ2) is 4.67. The Morgan fingerprint density at radius 2 is 2.28 bits per heavy atom. The third-order valence-corrected chi connectivity index (χ3v) is 2.29. The first-order valence-electron chi connectivity index (χ1n) is 5.05. The van der Waals surface area contributed by atoms with Crippen LogP contribution in [0.4, 0.5) is 4.39 Å². The lowest BCUT2D eigenvalue weighted by Crippen LogP contribution is -2.04. The summed E-state index contributed by atoms with van der Waals surface area (Å²) in [7, 11) is 0. The Labute approximate surface area is 102 Å². The zero-order chi connectivity index (χ0) is 13.1. The van der Waals surface area contributed by atoms with E-state index in [0.29, 0.717) is 5.56 Å². The number of rotatable bonds is 3. The van der Waals surface area contributed by atoms with Gasteiger partial charge in [0.05, 0.1) is 18.2 Å². The molecule has 0 aliphatic carbocycles. The summed E-state index contributed by atoms with van der Waals surface area (Å²) in [5, 5.41) is 21.2. The molecule has 0 aliphatic heterocycles. The van der Waals surface area contributed by atoms with Gasteiger partial charge in [0, 0.05) is 6.20 Å². The summed E-state index contributed by atoms with van der Waals surface area (Å²) in [5.41, 5.74) is 0.689. The van der Waals surface area contributed by atoms with Crippen molar-refractivity contribution in [3.63, 3.8) is 0 Å². The van der Waals surface area contributed by atoms with Crippen LogP contribution in [-0.2, 0) is 6.54 Å². The Morgan fingerprint density at radius 1 is 1.50 bits per heavy atom. The molecule has 0 amide bonds. The highest BCUT2D eigenvalue weighted by Gasteiger charge is 2.07. The number of halogens is 1. The van der Waals surface area contributed by atoms with Gasteiger partial charge in [0.1, 0.15) is 5.82 Å². The number of nitriles is 1. The highest BCUT2D eigenvalue weighted by atomic mass is 19.1. The zero-order valence-corrected chi connectivity index (χ0v) is 9.17. The summed E-state index contributed by atoms with van der Waals surface area (Å²) in [6, 6.07) is 7.16. The fraction of sp³-hybridized carbons (Fsp3) is 0.0833. The van der Waals surface area contributed by atoms with E-state index in [9.17, 15) is 9.18 Å². The first kappa shape index (κ1) is 11.8. The van der Waals surface area contributed by atoms with Crippen molar-refractivity contribution in [3.8, 4) is 6.07 Å². The van der Waals surface area contributed by atoms with E-state index in [1.165, 1.54) is 29.1 Å². The SMILES string of the molecule is N#Cc1cc(F)cc(Cn2ccc(C(=O)O)n2)c1. The number of carboxylic acids is 1. The molecule has 0 aliphatic rings. The van der Waals surface area contributed by atoms with Gasteiger partial charge < -0.3 is 5.11 Å². The van der Waals surface area contributed by atoms with Crippen LogP contribution in [0.25, 0.3) is 0 Å². The Hall–Kier alpha value is -2.68. The van der Waals surface area contributed by atoms with Crippen LogP contribution >= 0.6 is 0 Å². The predicted molar refractivity (Wildman–Crippen MR) is 59.4 cm³/mol. The molecule has 0 unspecified atom stereocenters. The molecule has 0 saturated heterocycles. The minimum absolute atomic E-state index is 0.0769. The molecule has 0 atom stereocenters. The second-order valence-electron chi connectivity index (χ2n) is 3.66. The van der Waals surface area contributed by atoms with Crippen LogP contribution in [0.1, 0.15) is 21.6 Å². The van der Waals surface area contributed by atoms with E-state index in [0.717, 1.165) is 6.07 Å². The average molecular weight is 245 g/mol. The van der Waals surface area contributed by atoms with Gasteiger partial charge in [-0.05, 0) is 29.8 Å². The van der Waals surface area contributed by atoms with E-state index in [1.54, 1.807) is 0 Å². The maximum Gasteiger partial charge on any atom is 0.356 e. The number of carboxylic acid groups (broad SMARTS) is 1. The number of hydrogen-bond donors (Lipinski definition) is 1. The second-order valence-corrected chi connectivity index (χ2v) is 3.66. The summed E-state index contributed by atoms with van der Waals surface area (Å²) >= 11 is 0. The number of nitrogens with zero attached hydrogens (tertiary/aromatic N) is 3. The standard InChI is InChI=1S/C12H8FN3O2/c13-10-4-8(6-14)3-9(5-10)7-16-2-1-11(15-16)12(17)18/h1-5H,7H2,(H,17,18). The van der Waals surface area contributed by atoms with Crippen molar-refractivity contribution in [2.75, 3.05) is 0 Å². The summed E-state index contributed by atoms with van der Waals surface area (Å²) in [6.07, 6.45) is 1.49. The number of carbonyl (C=O) groups is 1. The molecular formula is C12H8FN3O2. The highest BCUT2D eigenvalue weighted by molar-refractivity contribution is 5.85. The lowest BCUT2D eigenvalue weighted by atomic mass is 10.1. The van der Waals surface area contributed by atoms with Crippen molar-refractivity contribution < 1.29 is 14.3 Å². The van der Waals surface area contributed by atoms with Crippen molar-refractivity contribution in [2.24, 2.45) is 0 Å². The van der Waals surface area contributed by atoms with Gasteiger partial charge in [-0.25, -0.2) is 9.18 Å². The van der Waals surface area contributed by atoms with E-state index in [-0.39, 0.29) is 17.8 Å². The third-order valence-electron chi connectivity index (χ3n) is 2.29. The van der Waals surface area contributed by atoms with Crippen LogP contribution < -0.4 is 0 Å². The first-order valence-corrected chi connectivity index (χ1v) is 5.05. The largest absolute Gasteiger partial charge is 0.476 e. The smallest absolute Gasteiger partial charge is 0.356 e. The molecule has 6 heteroatoms. The number of aromatic nitrogens is 2. The fourth-order valence-corrected chi connectivity index (χ4v) is 1.56. The molecule has 0 radical (unpaired) electrons. The lowest BCUT2D eigenvalue weighted by molar-refractivity contribution is 0.0689. The van der Waals surface area contributed by atoms with Crippen LogP contribution in [0.2, 0.25) is 0 Å². The molecule has 0 bridgehead atoms.